The molecule has 2 heteroatoms. The van der Waals surface area contributed by atoms with Crippen LogP contribution in [0.2, 0.25) is 0 Å². The first-order chi connectivity index (χ1) is 7.74. The molecule has 17 heavy (non-hydrogen) atoms. The summed E-state index contributed by atoms with van der Waals surface area (Å²) >= 11 is 1.66. The van der Waals surface area contributed by atoms with Crippen LogP contribution in [0.15, 0.2) is 18.7 Å². The van der Waals surface area contributed by atoms with Crippen molar-refractivity contribution in [3.63, 3.8) is 0 Å². The third-order valence-electron chi connectivity index (χ3n) is 2.37. The van der Waals surface area contributed by atoms with Gasteiger partial charge in [0.1, 0.15) is 11.4 Å². The fourth-order valence-electron chi connectivity index (χ4n) is 1.71. The molecule has 1 aromatic carbocycles. The Balaban J connectivity index is 3.30. The second kappa shape index (κ2) is 5.18. The molecule has 0 N–H and O–H groups in total. The van der Waals surface area contributed by atoms with Crippen molar-refractivity contribution in [1.29, 1.82) is 0 Å². The molecule has 0 saturated carbocycles. The summed E-state index contributed by atoms with van der Waals surface area (Å²) in [5.74, 6) is 0.961. The Morgan fingerprint density at radius 2 is 1.82 bits per heavy atom. The number of ether oxygens (including phenoxy) is 1. The van der Waals surface area contributed by atoms with Crippen LogP contribution in [0.5, 0.6) is 5.75 Å². The van der Waals surface area contributed by atoms with Crippen LogP contribution in [0.1, 0.15) is 37.5 Å². The van der Waals surface area contributed by atoms with Crippen molar-refractivity contribution >= 4 is 16.7 Å². The van der Waals surface area contributed by atoms with Gasteiger partial charge in [0.05, 0.1) is 0 Å². The zero-order valence-corrected chi connectivity index (χ0v) is 12.5. The third-order valence-corrected chi connectivity index (χ3v) is 3.09. The van der Waals surface area contributed by atoms with E-state index >= 15 is 0 Å². The minimum Gasteiger partial charge on any atom is -0.487 e. The van der Waals surface area contributed by atoms with E-state index in [4.69, 9.17) is 4.74 Å². The lowest BCUT2D eigenvalue weighted by atomic mass is 10.0. The van der Waals surface area contributed by atoms with Crippen LogP contribution in [0.3, 0.4) is 0 Å². The first-order valence-electron chi connectivity index (χ1n) is 5.78. The van der Waals surface area contributed by atoms with Gasteiger partial charge in [-0.1, -0.05) is 12.6 Å². The van der Waals surface area contributed by atoms with Gasteiger partial charge in [0.15, 0.2) is 0 Å². The molecule has 94 valence electrons. The molecule has 0 aromatic heterocycles. The number of hydrogen-bond donors (Lipinski definition) is 0. The lowest BCUT2D eigenvalue weighted by molar-refractivity contribution is 0.129. The SMILES string of the molecule is C=C(SC)c1cc(C)cc(C)c1OC(C)(C)C. The average molecular weight is 250 g/mol. The summed E-state index contributed by atoms with van der Waals surface area (Å²) in [5, 5.41) is 0. The molecule has 0 fully saturated rings. The Kier molecular flexibility index (Phi) is 4.31. The van der Waals surface area contributed by atoms with Crippen molar-refractivity contribution in [2.45, 2.75) is 40.2 Å². The van der Waals surface area contributed by atoms with E-state index in [0.717, 1.165) is 16.2 Å². The standard InChI is InChI=1S/C15H22OS/c1-10-8-11(2)14(16-15(4,5)6)13(9-10)12(3)17-7/h8-9H,3H2,1-2,4-7H3. The summed E-state index contributed by atoms with van der Waals surface area (Å²) < 4.78 is 6.07. The first-order valence-corrected chi connectivity index (χ1v) is 7.00. The molecule has 0 atom stereocenters. The Bertz CT molecular complexity index is 427. The molecule has 0 bridgehead atoms. The molecule has 1 nitrogen and oxygen atoms in total. The molecule has 0 radical (unpaired) electrons. The summed E-state index contributed by atoms with van der Waals surface area (Å²) in [6, 6.07) is 4.30. The second-order valence-corrected chi connectivity index (χ2v) is 6.20. The maximum Gasteiger partial charge on any atom is 0.131 e. The van der Waals surface area contributed by atoms with Crippen molar-refractivity contribution in [2.24, 2.45) is 0 Å². The van der Waals surface area contributed by atoms with Gasteiger partial charge in [-0.3, -0.25) is 0 Å². The molecule has 1 rings (SSSR count). The monoisotopic (exact) mass is 250 g/mol. The summed E-state index contributed by atoms with van der Waals surface area (Å²) in [5.41, 5.74) is 3.34. The zero-order valence-electron chi connectivity index (χ0n) is 11.7. The van der Waals surface area contributed by atoms with Gasteiger partial charge in [-0.05, 0) is 58.1 Å². The van der Waals surface area contributed by atoms with Gasteiger partial charge < -0.3 is 4.74 Å². The Labute approximate surface area is 109 Å². The van der Waals surface area contributed by atoms with E-state index in [1.165, 1.54) is 11.1 Å². The fourth-order valence-corrected chi connectivity index (χ4v) is 2.08. The highest BCUT2D eigenvalue weighted by molar-refractivity contribution is 8.07. The zero-order chi connectivity index (χ0) is 13.2. The Morgan fingerprint density at radius 3 is 2.29 bits per heavy atom. The van der Waals surface area contributed by atoms with Crippen molar-refractivity contribution in [1.82, 2.24) is 0 Å². The van der Waals surface area contributed by atoms with Crippen molar-refractivity contribution in [3.8, 4) is 5.75 Å². The van der Waals surface area contributed by atoms with Gasteiger partial charge in [0, 0.05) is 10.5 Å². The predicted octanol–water partition coefficient (Wildman–Crippen LogP) is 4.81. The maximum absolute atomic E-state index is 6.07. The lowest BCUT2D eigenvalue weighted by Crippen LogP contribution is -2.24. The molecule has 0 aliphatic heterocycles. The topological polar surface area (TPSA) is 9.23 Å². The van der Waals surface area contributed by atoms with Gasteiger partial charge in [-0.2, -0.15) is 0 Å². The Morgan fingerprint density at radius 1 is 1.24 bits per heavy atom. The molecule has 1 aromatic rings. The lowest BCUT2D eigenvalue weighted by Gasteiger charge is -2.25. The smallest absolute Gasteiger partial charge is 0.131 e. The highest BCUT2D eigenvalue weighted by Gasteiger charge is 2.18. The summed E-state index contributed by atoms with van der Waals surface area (Å²) in [7, 11) is 0. The van der Waals surface area contributed by atoms with Crippen LogP contribution in [-0.4, -0.2) is 11.9 Å². The van der Waals surface area contributed by atoms with Crippen LogP contribution < -0.4 is 4.74 Å². The van der Waals surface area contributed by atoms with Gasteiger partial charge in [-0.25, -0.2) is 0 Å². The molecule has 0 heterocycles. The number of benzene rings is 1. The van der Waals surface area contributed by atoms with Crippen LogP contribution in [0.4, 0.5) is 0 Å². The second-order valence-electron chi connectivity index (χ2n) is 5.30. The summed E-state index contributed by atoms with van der Waals surface area (Å²) in [4.78, 5) is 1.05. The molecule has 0 amide bonds. The highest BCUT2D eigenvalue weighted by Crippen LogP contribution is 2.36. The molecule has 0 saturated heterocycles. The first kappa shape index (κ1) is 14.2. The number of rotatable bonds is 3. The van der Waals surface area contributed by atoms with E-state index < -0.39 is 0 Å². The average Bonchev–Trinajstić information content (AvgIpc) is 2.19. The van der Waals surface area contributed by atoms with Crippen molar-refractivity contribution in [2.75, 3.05) is 6.26 Å². The van der Waals surface area contributed by atoms with Crippen LogP contribution in [0.25, 0.3) is 4.91 Å². The van der Waals surface area contributed by atoms with Crippen LogP contribution >= 0.6 is 11.8 Å². The number of thioether (sulfide) groups is 1. The van der Waals surface area contributed by atoms with E-state index in [1.54, 1.807) is 11.8 Å². The quantitative estimate of drug-likeness (QED) is 0.761. The molecular weight excluding hydrogens is 228 g/mol. The van der Waals surface area contributed by atoms with E-state index in [2.05, 4.69) is 53.3 Å². The minimum absolute atomic E-state index is 0.187. The van der Waals surface area contributed by atoms with Crippen molar-refractivity contribution < 1.29 is 4.74 Å². The number of hydrogen-bond acceptors (Lipinski definition) is 2. The number of aryl methyl sites for hydroxylation is 2. The highest BCUT2D eigenvalue weighted by atomic mass is 32.2. The maximum atomic E-state index is 6.07. The molecular formula is C15H22OS. The van der Waals surface area contributed by atoms with Gasteiger partial charge in [0.2, 0.25) is 0 Å². The molecule has 0 unspecified atom stereocenters. The van der Waals surface area contributed by atoms with Gasteiger partial charge in [0.25, 0.3) is 0 Å². The fraction of sp³-hybridized carbons (Fsp3) is 0.467. The third kappa shape index (κ3) is 3.81. The van der Waals surface area contributed by atoms with Crippen LogP contribution in [0, 0.1) is 13.8 Å². The summed E-state index contributed by atoms with van der Waals surface area (Å²) in [6.07, 6.45) is 2.04. The van der Waals surface area contributed by atoms with E-state index in [-0.39, 0.29) is 5.60 Å². The minimum atomic E-state index is -0.187. The molecule has 0 aliphatic carbocycles. The van der Waals surface area contributed by atoms with E-state index in [1.807, 2.05) is 6.26 Å². The van der Waals surface area contributed by atoms with E-state index in [9.17, 15) is 0 Å². The van der Waals surface area contributed by atoms with Gasteiger partial charge >= 0.3 is 0 Å². The Hall–Kier alpha value is -0.890. The van der Waals surface area contributed by atoms with Crippen molar-refractivity contribution in [3.05, 3.63) is 35.4 Å². The largest absolute Gasteiger partial charge is 0.487 e. The normalized spacial score (nSPS) is 11.4. The molecule has 0 spiro atoms. The molecule has 0 aliphatic rings. The predicted molar refractivity (Wildman–Crippen MR) is 78.8 cm³/mol. The van der Waals surface area contributed by atoms with Crippen LogP contribution in [-0.2, 0) is 0 Å². The summed E-state index contributed by atoms with van der Waals surface area (Å²) in [6.45, 7) is 14.5. The van der Waals surface area contributed by atoms with Gasteiger partial charge in [-0.15, -0.1) is 11.8 Å². The van der Waals surface area contributed by atoms with E-state index in [0.29, 0.717) is 0 Å².